The van der Waals surface area contributed by atoms with Crippen molar-refractivity contribution in [3.8, 4) is 22.8 Å². The van der Waals surface area contributed by atoms with Gasteiger partial charge in [-0.1, -0.05) is 23.7 Å². The third-order valence-electron chi connectivity index (χ3n) is 6.19. The third-order valence-corrected chi connectivity index (χ3v) is 6.47. The Kier molecular flexibility index (Phi) is 8.15. The molecule has 0 radical (unpaired) electrons. The molecule has 0 saturated heterocycles. The van der Waals surface area contributed by atoms with Crippen LogP contribution in [0.25, 0.3) is 22.8 Å². The van der Waals surface area contributed by atoms with Gasteiger partial charge in [0.05, 0.1) is 23.3 Å². The van der Waals surface area contributed by atoms with Crippen LogP contribution < -0.4 is 4.90 Å². The molecule has 0 aliphatic carbocycles. The number of hydrogen-bond donors (Lipinski definition) is 0. The number of nitrogens with zero attached hydrogens (tertiary/aromatic N) is 7. The average molecular weight is 566 g/mol. The standard InChI is InChI=1S/C14H18ClN5O.C12H10F4N2/c1-4-18-12-7-11(17-19(12)6-5-13(18)21)14-10(15)8-16-20(14)9(2)3;1-2-18-7-10(12(14,15)16)17-11(18)8-5-3-4-6-9(8)13/h7-9H,4-6H2,1-3H3;3-7H,2H2,1H3. The summed E-state index contributed by atoms with van der Waals surface area (Å²) in [6.45, 7) is 9.26. The Morgan fingerprint density at radius 2 is 1.85 bits per heavy atom. The molecule has 13 heteroatoms. The van der Waals surface area contributed by atoms with Gasteiger partial charge >= 0.3 is 6.18 Å². The molecule has 1 aliphatic rings. The number of halogens is 5. The summed E-state index contributed by atoms with van der Waals surface area (Å²) < 4.78 is 56.3. The largest absolute Gasteiger partial charge is 0.434 e. The van der Waals surface area contributed by atoms with Crippen LogP contribution in [0.15, 0.2) is 42.7 Å². The van der Waals surface area contributed by atoms with Gasteiger partial charge in [-0.05, 0) is 39.8 Å². The second-order valence-electron chi connectivity index (χ2n) is 9.09. The second kappa shape index (κ2) is 11.2. The summed E-state index contributed by atoms with van der Waals surface area (Å²) >= 11 is 6.27. The van der Waals surface area contributed by atoms with E-state index >= 15 is 0 Å². The molecule has 0 bridgehead atoms. The van der Waals surface area contributed by atoms with Gasteiger partial charge in [-0.25, -0.2) is 14.1 Å². The number of fused-ring (bicyclic) bond motifs is 1. The SMILES string of the molecule is CCN1C(=O)CCn2nc(-c3c(Cl)cnn3C(C)C)cc21.CCn1cc(C(F)(F)F)nc1-c1ccccc1F. The van der Waals surface area contributed by atoms with Crippen molar-refractivity contribution in [1.82, 2.24) is 29.1 Å². The van der Waals surface area contributed by atoms with Gasteiger partial charge < -0.3 is 4.57 Å². The molecule has 208 valence electrons. The van der Waals surface area contributed by atoms with Gasteiger partial charge in [0.1, 0.15) is 28.8 Å². The molecule has 3 aromatic heterocycles. The quantitative estimate of drug-likeness (QED) is 0.260. The molecule has 0 N–H and O–H groups in total. The molecule has 39 heavy (non-hydrogen) atoms. The van der Waals surface area contributed by atoms with E-state index < -0.39 is 17.7 Å². The minimum absolute atomic E-state index is 0.0112. The smallest absolute Gasteiger partial charge is 0.331 e. The molecule has 0 fully saturated rings. The van der Waals surface area contributed by atoms with E-state index in [4.69, 9.17) is 11.6 Å². The summed E-state index contributed by atoms with van der Waals surface area (Å²) in [5.74, 6) is 0.366. The highest BCUT2D eigenvalue weighted by atomic mass is 35.5. The lowest BCUT2D eigenvalue weighted by Gasteiger charge is -2.25. The van der Waals surface area contributed by atoms with Crippen LogP contribution in [0.2, 0.25) is 5.02 Å². The van der Waals surface area contributed by atoms with Crippen LogP contribution in [0.3, 0.4) is 0 Å². The first-order valence-electron chi connectivity index (χ1n) is 12.5. The summed E-state index contributed by atoms with van der Waals surface area (Å²) in [7, 11) is 0. The molecule has 1 aromatic carbocycles. The minimum atomic E-state index is -4.53. The van der Waals surface area contributed by atoms with Crippen molar-refractivity contribution >= 4 is 23.3 Å². The van der Waals surface area contributed by atoms with Crippen molar-refractivity contribution < 1.29 is 22.4 Å². The Balaban J connectivity index is 0.000000183. The maximum atomic E-state index is 13.6. The number of imidazole rings is 1. The third kappa shape index (κ3) is 5.70. The normalized spacial score (nSPS) is 13.5. The van der Waals surface area contributed by atoms with E-state index in [2.05, 4.69) is 15.2 Å². The topological polar surface area (TPSA) is 73.8 Å². The summed E-state index contributed by atoms with van der Waals surface area (Å²) in [6.07, 6.45) is -1.51. The Bertz CT molecular complexity index is 1470. The van der Waals surface area contributed by atoms with Gasteiger partial charge in [0.15, 0.2) is 5.69 Å². The van der Waals surface area contributed by atoms with Gasteiger partial charge in [0.2, 0.25) is 5.91 Å². The summed E-state index contributed by atoms with van der Waals surface area (Å²) in [6, 6.07) is 7.74. The van der Waals surface area contributed by atoms with Crippen molar-refractivity contribution in [2.75, 3.05) is 11.4 Å². The Hall–Kier alpha value is -3.67. The first-order valence-corrected chi connectivity index (χ1v) is 12.8. The van der Waals surface area contributed by atoms with Crippen LogP contribution in [0.1, 0.15) is 45.9 Å². The predicted molar refractivity (Wildman–Crippen MR) is 140 cm³/mol. The minimum Gasteiger partial charge on any atom is -0.331 e. The lowest BCUT2D eigenvalue weighted by Crippen LogP contribution is -2.37. The molecule has 8 nitrogen and oxygen atoms in total. The summed E-state index contributed by atoms with van der Waals surface area (Å²) in [4.78, 5) is 17.2. The highest BCUT2D eigenvalue weighted by Crippen LogP contribution is 2.34. The van der Waals surface area contributed by atoms with E-state index in [9.17, 15) is 22.4 Å². The van der Waals surface area contributed by atoms with Crippen LogP contribution >= 0.6 is 11.6 Å². The molecule has 1 aliphatic heterocycles. The molecule has 0 atom stereocenters. The van der Waals surface area contributed by atoms with Crippen LogP contribution in [-0.2, 0) is 24.1 Å². The molecule has 0 unspecified atom stereocenters. The number of amides is 1. The molecule has 1 amide bonds. The van der Waals surface area contributed by atoms with E-state index in [1.807, 2.05) is 36.2 Å². The Labute approximate surface area is 227 Å². The number of hydrogen-bond acceptors (Lipinski definition) is 4. The molecular formula is C26H28ClF4N7O. The van der Waals surface area contributed by atoms with Crippen LogP contribution in [0, 0.1) is 5.82 Å². The Morgan fingerprint density at radius 1 is 1.13 bits per heavy atom. The van der Waals surface area contributed by atoms with E-state index in [0.29, 0.717) is 24.5 Å². The van der Waals surface area contributed by atoms with Crippen LogP contribution in [0.4, 0.5) is 23.4 Å². The first-order chi connectivity index (χ1) is 18.5. The number of carbonyl (C=O) groups is 1. The van der Waals surface area contributed by atoms with Gasteiger partial charge in [-0.2, -0.15) is 23.4 Å². The molecular weight excluding hydrogens is 538 g/mol. The molecule has 5 rings (SSSR count). The van der Waals surface area contributed by atoms with Crippen LogP contribution in [-0.4, -0.2) is 41.6 Å². The number of rotatable bonds is 5. The maximum absolute atomic E-state index is 13.6. The first kappa shape index (κ1) is 28.3. The Morgan fingerprint density at radius 3 is 2.46 bits per heavy atom. The zero-order valence-electron chi connectivity index (χ0n) is 21.9. The van der Waals surface area contributed by atoms with Gasteiger partial charge in [0, 0.05) is 37.8 Å². The molecule has 0 spiro atoms. The van der Waals surface area contributed by atoms with Crippen molar-refractivity contribution in [3.05, 3.63) is 59.3 Å². The lowest BCUT2D eigenvalue weighted by atomic mass is 10.2. The van der Waals surface area contributed by atoms with Crippen molar-refractivity contribution in [1.29, 1.82) is 0 Å². The molecule has 4 aromatic rings. The fourth-order valence-corrected chi connectivity index (χ4v) is 4.56. The van der Waals surface area contributed by atoms with E-state index in [1.54, 1.807) is 24.1 Å². The van der Waals surface area contributed by atoms with E-state index in [1.165, 1.54) is 22.8 Å². The zero-order chi connectivity index (χ0) is 28.5. The van der Waals surface area contributed by atoms with Gasteiger partial charge in [-0.15, -0.1) is 0 Å². The number of aromatic nitrogens is 6. The van der Waals surface area contributed by atoms with Gasteiger partial charge in [0.25, 0.3) is 0 Å². The summed E-state index contributed by atoms with van der Waals surface area (Å²) in [5, 5.41) is 9.49. The fraction of sp³-hybridized carbons (Fsp3) is 0.385. The van der Waals surface area contributed by atoms with Crippen molar-refractivity contribution in [2.24, 2.45) is 0 Å². The van der Waals surface area contributed by atoms with Crippen molar-refractivity contribution in [3.63, 3.8) is 0 Å². The lowest BCUT2D eigenvalue weighted by molar-refractivity contribution is -0.140. The number of anilines is 1. The van der Waals surface area contributed by atoms with E-state index in [0.717, 1.165) is 23.4 Å². The number of alkyl halides is 3. The van der Waals surface area contributed by atoms with E-state index in [-0.39, 0.29) is 29.9 Å². The monoisotopic (exact) mass is 565 g/mol. The second-order valence-corrected chi connectivity index (χ2v) is 9.50. The number of benzene rings is 1. The molecule has 0 saturated carbocycles. The summed E-state index contributed by atoms with van der Waals surface area (Å²) in [5.41, 5.74) is 0.615. The fourth-order valence-electron chi connectivity index (χ4n) is 4.33. The highest BCUT2D eigenvalue weighted by Gasteiger charge is 2.35. The highest BCUT2D eigenvalue weighted by molar-refractivity contribution is 6.33. The van der Waals surface area contributed by atoms with Gasteiger partial charge in [-0.3, -0.25) is 14.4 Å². The number of aryl methyl sites for hydroxylation is 2. The predicted octanol–water partition coefficient (Wildman–Crippen LogP) is 6.47. The average Bonchev–Trinajstić information content (AvgIpc) is 3.60. The zero-order valence-corrected chi connectivity index (χ0v) is 22.6. The number of carbonyl (C=O) groups excluding carboxylic acids is 1. The van der Waals surface area contributed by atoms with Crippen molar-refractivity contribution in [2.45, 2.75) is 59.4 Å². The van der Waals surface area contributed by atoms with Crippen LogP contribution in [0.5, 0.6) is 0 Å². The molecule has 4 heterocycles. The maximum Gasteiger partial charge on any atom is 0.434 e.